The lowest BCUT2D eigenvalue weighted by molar-refractivity contribution is -0.274. The summed E-state index contributed by atoms with van der Waals surface area (Å²) in [4.78, 5) is 7.67. The quantitative estimate of drug-likeness (QED) is 0.876. The van der Waals surface area contributed by atoms with Gasteiger partial charge < -0.3 is 20.2 Å². The van der Waals surface area contributed by atoms with Crippen LogP contribution in [0.15, 0.2) is 30.5 Å². The van der Waals surface area contributed by atoms with E-state index in [9.17, 15) is 13.2 Å². The number of rotatable bonds is 5. The Hall–Kier alpha value is -2.06. The van der Waals surface area contributed by atoms with Crippen LogP contribution in [0.2, 0.25) is 0 Å². The number of H-pyrrole nitrogens is 1. The maximum absolute atomic E-state index is 12.2. The van der Waals surface area contributed by atoms with Gasteiger partial charge in [-0.1, -0.05) is 6.92 Å². The van der Waals surface area contributed by atoms with Crippen LogP contribution < -0.4 is 10.5 Å². The van der Waals surface area contributed by atoms with Crippen molar-refractivity contribution in [1.29, 1.82) is 0 Å². The highest BCUT2D eigenvalue weighted by Crippen LogP contribution is 2.34. The van der Waals surface area contributed by atoms with Crippen molar-refractivity contribution in [2.24, 2.45) is 5.73 Å². The lowest BCUT2D eigenvalue weighted by atomic mass is 9.81. The van der Waals surface area contributed by atoms with Gasteiger partial charge >= 0.3 is 6.36 Å². The summed E-state index contributed by atoms with van der Waals surface area (Å²) in [5.41, 5.74) is 7.22. The second kappa shape index (κ2) is 6.10. The van der Waals surface area contributed by atoms with Crippen molar-refractivity contribution in [3.8, 4) is 17.0 Å². The number of nitrogens with two attached hydrogens (primary N) is 1. The summed E-state index contributed by atoms with van der Waals surface area (Å²) in [5, 5.41) is 0. The van der Waals surface area contributed by atoms with E-state index in [1.54, 1.807) is 6.20 Å². The Bertz CT molecular complexity index is 693. The maximum atomic E-state index is 12.2. The molecule has 1 atom stereocenters. The fourth-order valence-electron chi connectivity index (χ4n) is 2.90. The van der Waals surface area contributed by atoms with Gasteiger partial charge in [-0.05, 0) is 30.7 Å². The Morgan fingerprint density at radius 3 is 2.50 bits per heavy atom. The molecule has 0 aliphatic carbocycles. The number of benzene rings is 1. The molecule has 1 aromatic heterocycles. The van der Waals surface area contributed by atoms with Gasteiger partial charge in [0, 0.05) is 17.7 Å². The fourth-order valence-corrected chi connectivity index (χ4v) is 2.90. The van der Waals surface area contributed by atoms with E-state index in [1.807, 2.05) is 6.92 Å². The molecule has 2 aromatic rings. The monoisotopic (exact) mass is 341 g/mol. The summed E-state index contributed by atoms with van der Waals surface area (Å²) in [6.45, 7) is 3.01. The highest BCUT2D eigenvalue weighted by Gasteiger charge is 2.43. The molecule has 130 valence electrons. The number of hydrogen-bond donors (Lipinski definition) is 2. The van der Waals surface area contributed by atoms with E-state index in [4.69, 9.17) is 10.5 Å². The third kappa shape index (κ3) is 3.39. The van der Waals surface area contributed by atoms with Gasteiger partial charge in [0.15, 0.2) is 0 Å². The third-order valence-electron chi connectivity index (χ3n) is 4.16. The van der Waals surface area contributed by atoms with Gasteiger partial charge in [0.2, 0.25) is 0 Å². The van der Waals surface area contributed by atoms with Crippen LogP contribution in [0.5, 0.6) is 5.75 Å². The third-order valence-corrected chi connectivity index (χ3v) is 4.16. The summed E-state index contributed by atoms with van der Waals surface area (Å²) in [6.07, 6.45) is -2.17. The molecule has 2 heterocycles. The van der Waals surface area contributed by atoms with Crippen LogP contribution in [0, 0.1) is 0 Å². The molecule has 1 aliphatic rings. The summed E-state index contributed by atoms with van der Waals surface area (Å²) in [6, 6.07) is 5.59. The summed E-state index contributed by atoms with van der Waals surface area (Å²) < 4.78 is 45.6. The van der Waals surface area contributed by atoms with Crippen LogP contribution in [0.25, 0.3) is 11.3 Å². The van der Waals surface area contributed by atoms with E-state index in [0.29, 0.717) is 24.5 Å². The van der Waals surface area contributed by atoms with Crippen molar-refractivity contribution in [2.75, 3.05) is 13.2 Å². The Morgan fingerprint density at radius 1 is 1.33 bits per heavy atom. The Morgan fingerprint density at radius 2 is 2.00 bits per heavy atom. The van der Waals surface area contributed by atoms with Gasteiger partial charge in [-0.15, -0.1) is 13.2 Å². The van der Waals surface area contributed by atoms with E-state index >= 15 is 0 Å². The van der Waals surface area contributed by atoms with E-state index in [2.05, 4.69) is 14.7 Å². The van der Waals surface area contributed by atoms with Crippen LogP contribution in [0.4, 0.5) is 13.2 Å². The smallest absolute Gasteiger partial charge is 0.406 e. The number of alkyl halides is 3. The standard InChI is InChI=1S/C16H18F3N3O2/c1-2-12(15(20)8-23-9-15)14-21-7-13(22-14)10-3-5-11(6-4-10)24-16(17,18)19/h3-7,12H,2,8-9,20H2,1H3,(H,21,22). The molecule has 0 saturated carbocycles. The number of halogens is 3. The Kier molecular flexibility index (Phi) is 4.27. The van der Waals surface area contributed by atoms with Crippen LogP contribution in [-0.2, 0) is 4.74 Å². The van der Waals surface area contributed by atoms with Crippen molar-refractivity contribution in [3.63, 3.8) is 0 Å². The number of imidazole rings is 1. The molecular weight excluding hydrogens is 323 g/mol. The first-order valence-corrected chi connectivity index (χ1v) is 7.59. The van der Waals surface area contributed by atoms with Crippen LogP contribution >= 0.6 is 0 Å². The molecule has 8 heteroatoms. The molecule has 1 unspecified atom stereocenters. The van der Waals surface area contributed by atoms with Crippen molar-refractivity contribution < 1.29 is 22.6 Å². The fraction of sp³-hybridized carbons (Fsp3) is 0.438. The van der Waals surface area contributed by atoms with Crippen molar-refractivity contribution in [3.05, 3.63) is 36.3 Å². The zero-order chi connectivity index (χ0) is 17.4. The molecule has 0 spiro atoms. The summed E-state index contributed by atoms with van der Waals surface area (Å²) >= 11 is 0. The molecule has 0 radical (unpaired) electrons. The second-order valence-corrected chi connectivity index (χ2v) is 5.93. The molecule has 3 N–H and O–H groups in total. The molecule has 24 heavy (non-hydrogen) atoms. The van der Waals surface area contributed by atoms with Crippen LogP contribution in [0.3, 0.4) is 0 Å². The zero-order valence-corrected chi connectivity index (χ0v) is 13.1. The van der Waals surface area contributed by atoms with Crippen LogP contribution in [0.1, 0.15) is 25.1 Å². The lowest BCUT2D eigenvalue weighted by Crippen LogP contribution is -2.61. The van der Waals surface area contributed by atoms with E-state index in [1.165, 1.54) is 24.3 Å². The predicted octanol–water partition coefficient (Wildman–Crippen LogP) is 3.20. The molecule has 3 rings (SSSR count). The highest BCUT2D eigenvalue weighted by molar-refractivity contribution is 5.59. The largest absolute Gasteiger partial charge is 0.573 e. The summed E-state index contributed by atoms with van der Waals surface area (Å²) in [7, 11) is 0. The number of hydrogen-bond acceptors (Lipinski definition) is 4. The first-order chi connectivity index (χ1) is 11.3. The van der Waals surface area contributed by atoms with Crippen molar-refractivity contribution >= 4 is 0 Å². The van der Waals surface area contributed by atoms with Crippen molar-refractivity contribution in [2.45, 2.75) is 31.2 Å². The highest BCUT2D eigenvalue weighted by atomic mass is 19.4. The van der Waals surface area contributed by atoms with Gasteiger partial charge in [0.1, 0.15) is 11.6 Å². The molecule has 1 aromatic carbocycles. The number of nitrogens with zero attached hydrogens (tertiary/aromatic N) is 1. The van der Waals surface area contributed by atoms with E-state index < -0.39 is 11.9 Å². The maximum Gasteiger partial charge on any atom is 0.573 e. The number of ether oxygens (including phenoxy) is 2. The van der Waals surface area contributed by atoms with Gasteiger partial charge in [-0.2, -0.15) is 0 Å². The molecule has 0 bridgehead atoms. The predicted molar refractivity (Wildman–Crippen MR) is 81.5 cm³/mol. The van der Waals surface area contributed by atoms with Gasteiger partial charge in [0.05, 0.1) is 24.4 Å². The Labute approximate surface area is 137 Å². The van der Waals surface area contributed by atoms with Gasteiger partial charge in [-0.3, -0.25) is 0 Å². The van der Waals surface area contributed by atoms with E-state index in [0.717, 1.165) is 12.2 Å². The molecule has 1 fully saturated rings. The minimum Gasteiger partial charge on any atom is -0.406 e. The average molecular weight is 341 g/mol. The number of aromatic amines is 1. The Balaban J connectivity index is 1.78. The number of nitrogens with one attached hydrogen (secondary N) is 1. The van der Waals surface area contributed by atoms with Gasteiger partial charge in [-0.25, -0.2) is 4.98 Å². The van der Waals surface area contributed by atoms with Crippen LogP contribution in [-0.4, -0.2) is 35.1 Å². The molecule has 1 aliphatic heterocycles. The number of aromatic nitrogens is 2. The normalized spacial score (nSPS) is 18.0. The summed E-state index contributed by atoms with van der Waals surface area (Å²) in [5.74, 6) is 0.530. The van der Waals surface area contributed by atoms with E-state index in [-0.39, 0.29) is 11.7 Å². The first-order valence-electron chi connectivity index (χ1n) is 7.59. The molecule has 5 nitrogen and oxygen atoms in total. The lowest BCUT2D eigenvalue weighted by Gasteiger charge is -2.43. The van der Waals surface area contributed by atoms with Gasteiger partial charge in [0.25, 0.3) is 0 Å². The topological polar surface area (TPSA) is 73.2 Å². The SMILES string of the molecule is CCC(c1nc(-c2ccc(OC(F)(F)F)cc2)c[nH]1)C1(N)COC1. The minimum absolute atomic E-state index is 0.0350. The zero-order valence-electron chi connectivity index (χ0n) is 13.1. The molecular formula is C16H18F3N3O2. The molecule has 1 saturated heterocycles. The minimum atomic E-state index is -4.70. The second-order valence-electron chi connectivity index (χ2n) is 5.93. The van der Waals surface area contributed by atoms with Crippen molar-refractivity contribution in [1.82, 2.24) is 9.97 Å². The first kappa shape index (κ1) is 16.8. The molecule has 0 amide bonds. The average Bonchev–Trinajstić information content (AvgIpc) is 2.95.